The van der Waals surface area contributed by atoms with Crippen LogP contribution in [0.3, 0.4) is 0 Å². The first-order valence-corrected chi connectivity index (χ1v) is 6.71. The van der Waals surface area contributed by atoms with Crippen LogP contribution in [-0.4, -0.2) is 9.55 Å². The third-order valence-corrected chi connectivity index (χ3v) is 3.45. The number of aromatic nitrogens is 2. The monoisotopic (exact) mass is 287 g/mol. The van der Waals surface area contributed by atoms with E-state index in [1.807, 2.05) is 30.5 Å². The number of imidazole rings is 1. The molecule has 0 saturated carbocycles. The Balaban J connectivity index is 2.33. The fourth-order valence-corrected chi connectivity index (χ4v) is 2.50. The first kappa shape index (κ1) is 13.5. The van der Waals surface area contributed by atoms with E-state index in [9.17, 15) is 8.78 Å². The van der Waals surface area contributed by atoms with Crippen LogP contribution < -0.4 is 5.73 Å². The molecule has 0 unspecified atom stereocenters. The largest absolute Gasteiger partial charge is 0.397 e. The smallest absolute Gasteiger partial charge is 0.159 e. The van der Waals surface area contributed by atoms with Crippen molar-refractivity contribution in [1.29, 1.82) is 0 Å². The van der Waals surface area contributed by atoms with Crippen molar-refractivity contribution >= 4 is 16.7 Å². The first-order chi connectivity index (χ1) is 9.99. The molecule has 21 heavy (non-hydrogen) atoms. The van der Waals surface area contributed by atoms with Crippen LogP contribution in [0.4, 0.5) is 14.5 Å². The van der Waals surface area contributed by atoms with Gasteiger partial charge in [0.1, 0.15) is 11.3 Å². The fourth-order valence-electron chi connectivity index (χ4n) is 2.50. The molecule has 0 amide bonds. The van der Waals surface area contributed by atoms with E-state index in [2.05, 4.69) is 4.98 Å². The maximum absolute atomic E-state index is 13.5. The molecule has 0 aliphatic rings. The van der Waals surface area contributed by atoms with Crippen LogP contribution in [0.5, 0.6) is 0 Å². The molecule has 5 heteroatoms. The quantitative estimate of drug-likeness (QED) is 0.720. The summed E-state index contributed by atoms with van der Waals surface area (Å²) in [6.07, 6.45) is 0. The summed E-state index contributed by atoms with van der Waals surface area (Å²) in [6.45, 7) is 4.02. The lowest BCUT2D eigenvalue weighted by Crippen LogP contribution is -2.03. The summed E-state index contributed by atoms with van der Waals surface area (Å²) in [4.78, 5) is 4.52. The van der Waals surface area contributed by atoms with Crippen molar-refractivity contribution in [2.75, 3.05) is 5.73 Å². The maximum Gasteiger partial charge on any atom is 0.159 e. The topological polar surface area (TPSA) is 43.8 Å². The Kier molecular flexibility index (Phi) is 3.12. The summed E-state index contributed by atoms with van der Waals surface area (Å²) in [5.41, 5.74) is 8.60. The molecule has 0 atom stereocenters. The number of anilines is 1. The maximum atomic E-state index is 13.5. The van der Waals surface area contributed by atoms with E-state index in [-0.39, 0.29) is 6.04 Å². The molecule has 2 aromatic carbocycles. The molecule has 108 valence electrons. The van der Waals surface area contributed by atoms with Crippen LogP contribution in [0.1, 0.15) is 19.9 Å². The van der Waals surface area contributed by atoms with Gasteiger partial charge in [-0.1, -0.05) is 6.07 Å². The molecule has 3 aromatic rings. The van der Waals surface area contributed by atoms with Crippen molar-refractivity contribution in [2.24, 2.45) is 0 Å². The highest BCUT2D eigenvalue weighted by molar-refractivity contribution is 5.90. The van der Waals surface area contributed by atoms with Gasteiger partial charge in [0.2, 0.25) is 0 Å². The highest BCUT2D eigenvalue weighted by atomic mass is 19.2. The highest BCUT2D eigenvalue weighted by Crippen LogP contribution is 2.31. The van der Waals surface area contributed by atoms with Crippen LogP contribution in [0.15, 0.2) is 36.4 Å². The van der Waals surface area contributed by atoms with Crippen LogP contribution in [-0.2, 0) is 0 Å². The van der Waals surface area contributed by atoms with Crippen LogP contribution >= 0.6 is 0 Å². The van der Waals surface area contributed by atoms with Gasteiger partial charge >= 0.3 is 0 Å². The van der Waals surface area contributed by atoms with Crippen LogP contribution in [0.25, 0.3) is 22.4 Å². The molecule has 0 saturated heterocycles. The molecule has 0 aliphatic heterocycles. The molecule has 0 fully saturated rings. The second-order valence-corrected chi connectivity index (χ2v) is 5.24. The Labute approximate surface area is 121 Å². The second kappa shape index (κ2) is 4.84. The molecular formula is C16H15F2N3. The van der Waals surface area contributed by atoms with Crippen molar-refractivity contribution in [3.63, 3.8) is 0 Å². The van der Waals surface area contributed by atoms with E-state index in [1.165, 1.54) is 6.07 Å². The number of nitrogen functional groups attached to an aromatic ring is 1. The van der Waals surface area contributed by atoms with E-state index in [4.69, 9.17) is 5.73 Å². The Bertz CT molecular complexity index is 822. The average Bonchev–Trinajstić information content (AvgIpc) is 2.83. The molecule has 3 nitrogen and oxygen atoms in total. The molecule has 1 aromatic heterocycles. The number of hydrogen-bond donors (Lipinski definition) is 1. The summed E-state index contributed by atoms with van der Waals surface area (Å²) >= 11 is 0. The lowest BCUT2D eigenvalue weighted by molar-refractivity contribution is 0.508. The average molecular weight is 287 g/mol. The summed E-state index contributed by atoms with van der Waals surface area (Å²) in [5, 5.41) is 0. The minimum Gasteiger partial charge on any atom is -0.397 e. The lowest BCUT2D eigenvalue weighted by atomic mass is 10.2. The van der Waals surface area contributed by atoms with Crippen LogP contribution in [0, 0.1) is 11.6 Å². The number of para-hydroxylation sites is 1. The number of nitrogens with two attached hydrogens (primary N) is 1. The van der Waals surface area contributed by atoms with Gasteiger partial charge in [0.25, 0.3) is 0 Å². The Hall–Kier alpha value is -2.43. The van der Waals surface area contributed by atoms with Gasteiger partial charge in [0.05, 0.1) is 11.2 Å². The number of nitrogens with zero attached hydrogens (tertiary/aromatic N) is 2. The van der Waals surface area contributed by atoms with Gasteiger partial charge in [0, 0.05) is 11.6 Å². The lowest BCUT2D eigenvalue weighted by Gasteiger charge is -2.13. The summed E-state index contributed by atoms with van der Waals surface area (Å²) in [7, 11) is 0. The van der Waals surface area contributed by atoms with Gasteiger partial charge in [-0.2, -0.15) is 0 Å². The normalized spacial score (nSPS) is 11.5. The van der Waals surface area contributed by atoms with Crippen molar-refractivity contribution < 1.29 is 8.78 Å². The van der Waals surface area contributed by atoms with Gasteiger partial charge < -0.3 is 10.3 Å². The standard InChI is InChI=1S/C16H15F2N3/c1-9(2)21-14-5-3-4-13(19)15(14)20-16(21)10-6-7-11(17)12(18)8-10/h3-9H,19H2,1-2H3. The van der Waals surface area contributed by atoms with Crippen LogP contribution in [0.2, 0.25) is 0 Å². The van der Waals surface area contributed by atoms with Gasteiger partial charge in [-0.25, -0.2) is 13.8 Å². The summed E-state index contributed by atoms with van der Waals surface area (Å²) in [5.74, 6) is -1.18. The third-order valence-electron chi connectivity index (χ3n) is 3.45. The number of benzene rings is 2. The van der Waals surface area contributed by atoms with E-state index in [0.717, 1.165) is 17.6 Å². The van der Waals surface area contributed by atoms with Crippen molar-refractivity contribution in [2.45, 2.75) is 19.9 Å². The number of hydrogen-bond acceptors (Lipinski definition) is 2. The zero-order valence-corrected chi connectivity index (χ0v) is 11.8. The van der Waals surface area contributed by atoms with Gasteiger partial charge in [-0.15, -0.1) is 0 Å². The van der Waals surface area contributed by atoms with E-state index < -0.39 is 11.6 Å². The van der Waals surface area contributed by atoms with Gasteiger partial charge in [-0.3, -0.25) is 0 Å². The highest BCUT2D eigenvalue weighted by Gasteiger charge is 2.17. The molecule has 0 bridgehead atoms. The van der Waals surface area contributed by atoms with Gasteiger partial charge in [-0.05, 0) is 44.2 Å². The number of fused-ring (bicyclic) bond motifs is 1. The molecule has 3 rings (SSSR count). The Morgan fingerprint density at radius 1 is 1.10 bits per heavy atom. The predicted octanol–water partition coefficient (Wildman–Crippen LogP) is 4.14. The molecule has 0 spiro atoms. The molecule has 2 N–H and O–H groups in total. The molecule has 0 aliphatic carbocycles. The first-order valence-electron chi connectivity index (χ1n) is 6.71. The molecule has 1 heterocycles. The van der Waals surface area contributed by atoms with Gasteiger partial charge in [0.15, 0.2) is 11.6 Å². The minimum absolute atomic E-state index is 0.111. The number of rotatable bonds is 2. The third kappa shape index (κ3) is 2.14. The van der Waals surface area contributed by atoms with Crippen molar-refractivity contribution in [1.82, 2.24) is 9.55 Å². The zero-order chi connectivity index (χ0) is 15.1. The van der Waals surface area contributed by atoms with E-state index >= 15 is 0 Å². The fraction of sp³-hybridized carbons (Fsp3) is 0.188. The Morgan fingerprint density at radius 2 is 1.86 bits per heavy atom. The molecular weight excluding hydrogens is 272 g/mol. The summed E-state index contributed by atoms with van der Waals surface area (Å²) < 4.78 is 28.6. The molecule has 0 radical (unpaired) electrons. The number of halogens is 2. The zero-order valence-electron chi connectivity index (χ0n) is 11.8. The van der Waals surface area contributed by atoms with E-state index in [0.29, 0.717) is 22.6 Å². The SMILES string of the molecule is CC(C)n1c(-c2ccc(F)c(F)c2)nc2c(N)cccc21. The minimum atomic E-state index is -0.886. The van der Waals surface area contributed by atoms with E-state index in [1.54, 1.807) is 6.07 Å². The van der Waals surface area contributed by atoms with Crippen molar-refractivity contribution in [3.8, 4) is 11.4 Å². The summed E-state index contributed by atoms with van der Waals surface area (Å²) in [6, 6.07) is 9.45. The predicted molar refractivity (Wildman–Crippen MR) is 79.9 cm³/mol. The van der Waals surface area contributed by atoms with Crippen molar-refractivity contribution in [3.05, 3.63) is 48.0 Å². The second-order valence-electron chi connectivity index (χ2n) is 5.24. The Morgan fingerprint density at radius 3 is 2.52 bits per heavy atom.